The Morgan fingerprint density at radius 1 is 0.316 bits per heavy atom. The monoisotopic (exact) mass is 866 g/mol. The summed E-state index contributed by atoms with van der Waals surface area (Å²) in [5.74, 6) is 0. The van der Waals surface area contributed by atoms with Gasteiger partial charge in [-0.25, -0.2) is 0 Å². The molecule has 0 saturated carbocycles. The minimum absolute atomic E-state index is 0. The van der Waals surface area contributed by atoms with Gasteiger partial charge >= 0.3 is 26.2 Å². The zero-order valence-corrected chi connectivity index (χ0v) is 39.9. The van der Waals surface area contributed by atoms with Gasteiger partial charge in [0.15, 0.2) is 0 Å². The van der Waals surface area contributed by atoms with Crippen molar-refractivity contribution in [3.63, 3.8) is 0 Å². The van der Waals surface area contributed by atoms with Gasteiger partial charge in [0.25, 0.3) is 0 Å². The maximum absolute atomic E-state index is 2.39. The molecule has 0 amide bonds. The van der Waals surface area contributed by atoms with Crippen molar-refractivity contribution in [2.45, 2.75) is 105 Å². The number of hydrogen-bond donors (Lipinski definition) is 0. The second-order valence-corrected chi connectivity index (χ2v) is 19.7. The van der Waals surface area contributed by atoms with Gasteiger partial charge in [0.1, 0.15) is 0 Å². The second-order valence-electron chi connectivity index (χ2n) is 19.7. The van der Waals surface area contributed by atoms with E-state index in [0.717, 1.165) is 0 Å². The molecule has 0 spiro atoms. The zero-order chi connectivity index (χ0) is 38.8. The first kappa shape index (κ1) is 46.2. The van der Waals surface area contributed by atoms with Crippen LogP contribution in [0.2, 0.25) is 0 Å². The Morgan fingerprint density at radius 2 is 0.579 bits per heavy atom. The number of rotatable bonds is 2. The van der Waals surface area contributed by atoms with E-state index in [-0.39, 0.29) is 72.7 Å². The molecule has 0 aliphatic carbocycles. The van der Waals surface area contributed by atoms with Gasteiger partial charge in [-0.15, -0.1) is 69.1 Å². The fraction of sp³-hybridized carbons (Fsp3) is 0.296. The third-order valence-corrected chi connectivity index (χ3v) is 11.1. The van der Waals surface area contributed by atoms with Gasteiger partial charge in [0, 0.05) is 0 Å². The van der Waals surface area contributed by atoms with Crippen LogP contribution in [-0.4, -0.2) is 0 Å². The molecule has 8 aromatic rings. The van der Waals surface area contributed by atoms with Gasteiger partial charge in [-0.3, -0.25) is 0 Å². The van der Waals surface area contributed by atoms with Crippen LogP contribution < -0.4 is 24.8 Å². The molecule has 8 rings (SSSR count). The largest absolute Gasteiger partial charge is 4.00 e. The summed E-state index contributed by atoms with van der Waals surface area (Å²) in [5, 5.41) is 10.5. The summed E-state index contributed by atoms with van der Waals surface area (Å²) in [7, 11) is 0. The van der Waals surface area contributed by atoms with Gasteiger partial charge in [-0.05, 0) is 54.7 Å². The maximum atomic E-state index is 2.39. The van der Waals surface area contributed by atoms with Crippen LogP contribution in [0.15, 0.2) is 133 Å². The van der Waals surface area contributed by atoms with Gasteiger partial charge in [-0.1, -0.05) is 202 Å². The zero-order valence-electron chi connectivity index (χ0n) is 36.0. The standard InChI is InChI=1S/2C27H29.2ClH.Zr/c2*1-26(2,3)24-15-23(16-25(17-24)27(4,5)6)22-13-20-11-18-9-7-8-10-19(18)12-21(20)14-22;;;/h2*7-17H,1-6H3;2*1H;/q2*-1;;;+4/p-2. The molecular formula is C54H58Cl2Zr. The van der Waals surface area contributed by atoms with E-state index in [4.69, 9.17) is 0 Å². The van der Waals surface area contributed by atoms with Crippen LogP contribution in [0.25, 0.3) is 65.3 Å². The predicted octanol–water partition coefficient (Wildman–Crippen LogP) is 9.95. The molecule has 3 heteroatoms. The van der Waals surface area contributed by atoms with Crippen LogP contribution in [0.1, 0.15) is 105 Å². The van der Waals surface area contributed by atoms with E-state index < -0.39 is 0 Å². The molecule has 0 nitrogen and oxygen atoms in total. The molecular weight excluding hydrogens is 811 g/mol. The molecule has 8 aromatic carbocycles. The number of fused-ring (bicyclic) bond motifs is 4. The van der Waals surface area contributed by atoms with Crippen molar-refractivity contribution in [1.29, 1.82) is 0 Å². The molecule has 0 atom stereocenters. The van der Waals surface area contributed by atoms with Gasteiger partial charge in [-0.2, -0.15) is 0 Å². The van der Waals surface area contributed by atoms with E-state index in [1.165, 1.54) is 87.6 Å². The van der Waals surface area contributed by atoms with Crippen LogP contribution in [0.3, 0.4) is 0 Å². The Kier molecular flexibility index (Phi) is 13.8. The van der Waals surface area contributed by atoms with Gasteiger partial charge in [0.05, 0.1) is 0 Å². The Labute approximate surface area is 374 Å². The maximum Gasteiger partial charge on any atom is 4.00 e. The molecule has 0 aromatic heterocycles. The van der Waals surface area contributed by atoms with Crippen LogP contribution in [0, 0.1) is 0 Å². The summed E-state index contributed by atoms with van der Waals surface area (Å²) in [5.41, 5.74) is 11.4. The first-order valence-electron chi connectivity index (χ1n) is 19.7. The van der Waals surface area contributed by atoms with Crippen LogP contribution >= 0.6 is 0 Å². The minimum Gasteiger partial charge on any atom is -1.00 e. The Morgan fingerprint density at radius 3 is 0.842 bits per heavy atom. The summed E-state index contributed by atoms with van der Waals surface area (Å²) >= 11 is 0. The third-order valence-electron chi connectivity index (χ3n) is 11.1. The minimum atomic E-state index is 0. The fourth-order valence-corrected chi connectivity index (χ4v) is 7.46. The van der Waals surface area contributed by atoms with Crippen molar-refractivity contribution in [3.8, 4) is 22.3 Å². The molecule has 292 valence electrons. The van der Waals surface area contributed by atoms with Crippen molar-refractivity contribution in [3.05, 3.63) is 156 Å². The first-order chi connectivity index (χ1) is 25.2. The topological polar surface area (TPSA) is 0 Å². The third kappa shape index (κ3) is 10.2. The van der Waals surface area contributed by atoms with Gasteiger partial charge < -0.3 is 24.8 Å². The molecule has 0 unspecified atom stereocenters. The second kappa shape index (κ2) is 17.0. The van der Waals surface area contributed by atoms with E-state index in [9.17, 15) is 0 Å². The molecule has 0 saturated heterocycles. The molecule has 0 radical (unpaired) electrons. The van der Waals surface area contributed by atoms with Crippen LogP contribution in [0.5, 0.6) is 0 Å². The molecule has 0 aliphatic rings. The normalized spacial score (nSPS) is 12.1. The smallest absolute Gasteiger partial charge is 1.00 e. The fourth-order valence-electron chi connectivity index (χ4n) is 7.46. The predicted molar refractivity (Wildman–Crippen MR) is 240 cm³/mol. The Bertz CT molecular complexity index is 2280. The molecule has 0 aliphatic heterocycles. The average Bonchev–Trinajstić information content (AvgIpc) is 3.71. The van der Waals surface area contributed by atoms with Crippen molar-refractivity contribution >= 4 is 43.1 Å². The van der Waals surface area contributed by atoms with Crippen molar-refractivity contribution in [2.24, 2.45) is 0 Å². The summed E-state index contributed by atoms with van der Waals surface area (Å²) < 4.78 is 0. The van der Waals surface area contributed by atoms with Crippen molar-refractivity contribution in [1.82, 2.24) is 0 Å². The van der Waals surface area contributed by atoms with Gasteiger partial charge in [0.2, 0.25) is 0 Å². The molecule has 0 N–H and O–H groups in total. The summed E-state index contributed by atoms with van der Waals surface area (Å²) in [6.07, 6.45) is 0. The SMILES string of the molecule is CC(C)(C)c1cc(-c2cc3cc4ccccc4cc3[cH-]2)cc(C(C)(C)C)c1.CC(C)(C)c1cc(-c2cc3cc4ccccc4cc3[cH-]2)cc(C(C)(C)C)c1.[Cl-].[Cl-].[Zr+4]. The number of hydrogen-bond acceptors (Lipinski definition) is 0. The van der Waals surface area contributed by atoms with E-state index in [1.54, 1.807) is 0 Å². The van der Waals surface area contributed by atoms with Crippen LogP contribution in [-0.2, 0) is 47.9 Å². The quantitative estimate of drug-likeness (QED) is 0.152. The molecule has 0 fully saturated rings. The molecule has 0 heterocycles. The summed E-state index contributed by atoms with van der Waals surface area (Å²) in [6.45, 7) is 27.6. The van der Waals surface area contributed by atoms with E-state index in [0.29, 0.717) is 0 Å². The Hall–Kier alpha value is -3.48. The molecule has 57 heavy (non-hydrogen) atoms. The van der Waals surface area contributed by atoms with Crippen molar-refractivity contribution < 1.29 is 51.0 Å². The van der Waals surface area contributed by atoms with Crippen molar-refractivity contribution in [2.75, 3.05) is 0 Å². The van der Waals surface area contributed by atoms with E-state index >= 15 is 0 Å². The summed E-state index contributed by atoms with van der Waals surface area (Å²) in [6, 6.07) is 50.1. The number of benzene rings is 6. The van der Waals surface area contributed by atoms with Crippen LogP contribution in [0.4, 0.5) is 0 Å². The summed E-state index contributed by atoms with van der Waals surface area (Å²) in [4.78, 5) is 0. The first-order valence-corrected chi connectivity index (χ1v) is 19.7. The molecule has 0 bridgehead atoms. The number of halogens is 2. The van der Waals surface area contributed by atoms with E-state index in [1.807, 2.05) is 0 Å². The Balaban J connectivity index is 0.000000240. The average molecular weight is 869 g/mol. The van der Waals surface area contributed by atoms with E-state index in [2.05, 4.69) is 217 Å².